The first-order valence-corrected chi connectivity index (χ1v) is 6.72. The minimum absolute atomic E-state index is 0.130. The van der Waals surface area contributed by atoms with Gasteiger partial charge in [0.15, 0.2) is 0 Å². The van der Waals surface area contributed by atoms with E-state index in [9.17, 15) is 9.59 Å². The molecule has 8 heteroatoms. The van der Waals surface area contributed by atoms with Crippen LogP contribution < -0.4 is 5.32 Å². The Hall–Kier alpha value is -1.37. The highest BCUT2D eigenvalue weighted by Crippen LogP contribution is 2.18. The van der Waals surface area contributed by atoms with Crippen molar-refractivity contribution in [2.24, 2.45) is 0 Å². The van der Waals surface area contributed by atoms with E-state index < -0.39 is 6.04 Å². The zero-order valence-corrected chi connectivity index (χ0v) is 12.2. The predicted octanol–water partition coefficient (Wildman–Crippen LogP) is 0.975. The molecule has 6 nitrogen and oxygen atoms in total. The third-order valence-corrected chi connectivity index (χ3v) is 3.34. The second-order valence-electron chi connectivity index (χ2n) is 4.20. The fourth-order valence-corrected chi connectivity index (χ4v) is 2.45. The molecule has 1 aliphatic rings. The van der Waals surface area contributed by atoms with Crippen LogP contribution in [0.1, 0.15) is 10.4 Å². The Balaban J connectivity index is 2.27. The third-order valence-electron chi connectivity index (χ3n) is 2.95. The summed E-state index contributed by atoms with van der Waals surface area (Å²) in [6, 6.07) is 2.19. The highest BCUT2D eigenvalue weighted by molar-refractivity contribution is 6.33. The number of carbonyl (C=O) groups excluding carboxylic acids is 2. The number of hydrogen-bond acceptors (Lipinski definition) is 4. The van der Waals surface area contributed by atoms with Gasteiger partial charge in [-0.05, 0) is 12.1 Å². The van der Waals surface area contributed by atoms with Crippen LogP contribution in [0.15, 0.2) is 12.1 Å². The Morgan fingerprint density at radius 3 is 2.65 bits per heavy atom. The van der Waals surface area contributed by atoms with Crippen molar-refractivity contribution in [3.05, 3.63) is 28.0 Å². The summed E-state index contributed by atoms with van der Waals surface area (Å²) in [5.74, 6) is -0.600. The molecule has 0 saturated carbocycles. The number of morpholine rings is 1. The lowest BCUT2D eigenvalue weighted by Crippen LogP contribution is -2.55. The molecule has 0 aliphatic carbocycles. The first-order valence-electron chi connectivity index (χ1n) is 5.96. The molecule has 108 valence electrons. The van der Waals surface area contributed by atoms with Crippen molar-refractivity contribution >= 4 is 35.0 Å². The van der Waals surface area contributed by atoms with Gasteiger partial charge in [0, 0.05) is 19.2 Å². The van der Waals surface area contributed by atoms with Crippen molar-refractivity contribution in [3.8, 4) is 0 Å². The van der Waals surface area contributed by atoms with E-state index in [0.29, 0.717) is 18.7 Å². The Bertz CT molecular complexity index is 518. The van der Waals surface area contributed by atoms with E-state index in [2.05, 4.69) is 10.3 Å². The van der Waals surface area contributed by atoms with Crippen molar-refractivity contribution in [2.75, 3.05) is 26.8 Å². The Labute approximate surface area is 126 Å². The van der Waals surface area contributed by atoms with Crippen LogP contribution in [-0.2, 0) is 9.53 Å². The minimum Gasteiger partial charge on any atom is -0.377 e. The average molecular weight is 318 g/mol. The number of nitrogens with one attached hydrogen (secondary N) is 1. The average Bonchev–Trinajstić information content (AvgIpc) is 2.44. The Morgan fingerprint density at radius 2 is 2.05 bits per heavy atom. The van der Waals surface area contributed by atoms with Crippen LogP contribution in [0, 0.1) is 0 Å². The number of nitrogens with zero attached hydrogens (tertiary/aromatic N) is 2. The summed E-state index contributed by atoms with van der Waals surface area (Å²) in [6.07, 6.45) is 0. The molecule has 0 spiro atoms. The number of carbonyl (C=O) groups is 2. The number of halogens is 2. The summed E-state index contributed by atoms with van der Waals surface area (Å²) in [5.41, 5.74) is 0.297. The van der Waals surface area contributed by atoms with Gasteiger partial charge in [-0.1, -0.05) is 23.2 Å². The second-order valence-corrected chi connectivity index (χ2v) is 4.98. The number of rotatable bonds is 2. The molecule has 1 aromatic rings. The maximum absolute atomic E-state index is 12.5. The zero-order valence-electron chi connectivity index (χ0n) is 10.7. The second kappa shape index (κ2) is 6.39. The fourth-order valence-electron chi connectivity index (χ4n) is 1.98. The molecule has 1 fully saturated rings. The van der Waals surface area contributed by atoms with E-state index in [4.69, 9.17) is 27.9 Å². The third kappa shape index (κ3) is 3.20. The molecule has 0 radical (unpaired) electrons. The highest BCUT2D eigenvalue weighted by Gasteiger charge is 2.33. The number of aromatic nitrogens is 1. The number of ether oxygens (including phenoxy) is 1. The molecule has 0 aromatic carbocycles. The summed E-state index contributed by atoms with van der Waals surface area (Å²) in [7, 11) is 1.51. The van der Waals surface area contributed by atoms with E-state index in [1.807, 2.05) is 0 Å². The van der Waals surface area contributed by atoms with E-state index in [1.165, 1.54) is 24.1 Å². The van der Waals surface area contributed by atoms with E-state index in [-0.39, 0.29) is 28.7 Å². The molecular weight excluding hydrogens is 305 g/mol. The monoisotopic (exact) mass is 317 g/mol. The normalized spacial score (nSPS) is 18.8. The molecule has 2 amide bonds. The standard InChI is InChI=1S/C12H13Cl2N3O3/c1-15-11(18)8-6-20-3-2-17(8)12(19)7-4-9(13)16-10(14)5-7/h4-5,8H,2-3,6H2,1H3,(H,15,18). The number of pyridine rings is 1. The molecule has 2 heterocycles. The lowest BCUT2D eigenvalue weighted by molar-refractivity contribution is -0.130. The molecule has 2 rings (SSSR count). The Morgan fingerprint density at radius 1 is 1.40 bits per heavy atom. The quantitative estimate of drug-likeness (QED) is 0.825. The molecular formula is C12H13Cl2N3O3. The van der Waals surface area contributed by atoms with Gasteiger partial charge in [-0.15, -0.1) is 0 Å². The lowest BCUT2D eigenvalue weighted by atomic mass is 10.1. The van der Waals surface area contributed by atoms with Gasteiger partial charge in [0.25, 0.3) is 5.91 Å². The smallest absolute Gasteiger partial charge is 0.254 e. The first kappa shape index (κ1) is 15.0. The number of likely N-dealkylation sites (N-methyl/N-ethyl adjacent to an activating group) is 1. The topological polar surface area (TPSA) is 71.5 Å². The van der Waals surface area contributed by atoms with Gasteiger partial charge in [-0.25, -0.2) is 4.98 Å². The van der Waals surface area contributed by atoms with Crippen LogP contribution in [0.4, 0.5) is 0 Å². The summed E-state index contributed by atoms with van der Waals surface area (Å²) in [6.45, 7) is 0.873. The number of amides is 2. The summed E-state index contributed by atoms with van der Waals surface area (Å²) in [5, 5.41) is 2.78. The predicted molar refractivity (Wildman–Crippen MR) is 74.0 cm³/mol. The van der Waals surface area contributed by atoms with Crippen molar-refractivity contribution in [3.63, 3.8) is 0 Å². The van der Waals surface area contributed by atoms with E-state index in [1.54, 1.807) is 0 Å². The van der Waals surface area contributed by atoms with Crippen molar-refractivity contribution in [2.45, 2.75) is 6.04 Å². The molecule has 1 saturated heterocycles. The van der Waals surface area contributed by atoms with Crippen LogP contribution in [-0.4, -0.2) is 54.5 Å². The van der Waals surface area contributed by atoms with Crippen LogP contribution >= 0.6 is 23.2 Å². The SMILES string of the molecule is CNC(=O)C1COCCN1C(=O)c1cc(Cl)nc(Cl)c1. The highest BCUT2D eigenvalue weighted by atomic mass is 35.5. The summed E-state index contributed by atoms with van der Waals surface area (Å²) < 4.78 is 5.25. The molecule has 1 aromatic heterocycles. The van der Waals surface area contributed by atoms with Gasteiger partial charge in [0.05, 0.1) is 13.2 Å². The van der Waals surface area contributed by atoms with E-state index in [0.717, 1.165) is 0 Å². The molecule has 20 heavy (non-hydrogen) atoms. The maximum atomic E-state index is 12.5. The molecule has 1 unspecified atom stereocenters. The summed E-state index contributed by atoms with van der Waals surface area (Å²) >= 11 is 11.6. The van der Waals surface area contributed by atoms with E-state index >= 15 is 0 Å². The minimum atomic E-state index is -0.660. The molecule has 0 bridgehead atoms. The summed E-state index contributed by atoms with van der Waals surface area (Å²) in [4.78, 5) is 29.5. The van der Waals surface area contributed by atoms with Gasteiger partial charge < -0.3 is 15.0 Å². The zero-order chi connectivity index (χ0) is 14.7. The van der Waals surface area contributed by atoms with Crippen LogP contribution in [0.25, 0.3) is 0 Å². The van der Waals surface area contributed by atoms with Crippen LogP contribution in [0.3, 0.4) is 0 Å². The number of hydrogen-bond donors (Lipinski definition) is 1. The molecule has 1 atom stereocenters. The van der Waals surface area contributed by atoms with Crippen LogP contribution in [0.2, 0.25) is 10.3 Å². The van der Waals surface area contributed by atoms with Crippen LogP contribution in [0.5, 0.6) is 0 Å². The fraction of sp³-hybridized carbons (Fsp3) is 0.417. The maximum Gasteiger partial charge on any atom is 0.254 e. The first-order chi connectivity index (χ1) is 9.52. The van der Waals surface area contributed by atoms with Crippen molar-refractivity contribution in [1.82, 2.24) is 15.2 Å². The Kier molecular flexibility index (Phi) is 4.80. The van der Waals surface area contributed by atoms with Crippen molar-refractivity contribution < 1.29 is 14.3 Å². The lowest BCUT2D eigenvalue weighted by Gasteiger charge is -2.34. The van der Waals surface area contributed by atoms with Crippen molar-refractivity contribution in [1.29, 1.82) is 0 Å². The largest absolute Gasteiger partial charge is 0.377 e. The van der Waals surface area contributed by atoms with Gasteiger partial charge in [0.1, 0.15) is 16.3 Å². The van der Waals surface area contributed by atoms with Gasteiger partial charge in [-0.2, -0.15) is 0 Å². The van der Waals surface area contributed by atoms with Gasteiger partial charge in [0.2, 0.25) is 5.91 Å². The van der Waals surface area contributed by atoms with Gasteiger partial charge in [-0.3, -0.25) is 9.59 Å². The molecule has 1 aliphatic heterocycles. The molecule has 1 N–H and O–H groups in total. The van der Waals surface area contributed by atoms with Gasteiger partial charge >= 0.3 is 0 Å².